The van der Waals surface area contributed by atoms with Crippen LogP contribution in [0.5, 0.6) is 0 Å². The van der Waals surface area contributed by atoms with E-state index in [0.717, 1.165) is 0 Å². The summed E-state index contributed by atoms with van der Waals surface area (Å²) in [4.78, 5) is 23.2. The van der Waals surface area contributed by atoms with Crippen LogP contribution in [0.2, 0.25) is 0 Å². The van der Waals surface area contributed by atoms with Gasteiger partial charge in [-0.15, -0.1) is 0 Å². The van der Waals surface area contributed by atoms with Gasteiger partial charge in [-0.05, 0) is 6.07 Å². The van der Waals surface area contributed by atoms with Gasteiger partial charge < -0.3 is 10.1 Å². The Kier molecular flexibility index (Phi) is 2.20. The number of H-pyrrole nitrogens is 1. The monoisotopic (exact) mass is 221 g/mol. The van der Waals surface area contributed by atoms with E-state index in [1.165, 1.54) is 12.1 Å². The first kappa shape index (κ1) is 9.97. The average molecular weight is 221 g/mol. The fourth-order valence-electron chi connectivity index (χ4n) is 1.47. The standard InChI is InChI=1S/C9H7N3O4/c13-9(14)11-7-4-5-2-1-3-6(12(15)16)8(5)10-7/h1-4,10-11H,(H,13,14). The number of nitrogens with zero attached hydrogens (tertiary/aromatic N) is 1. The topological polar surface area (TPSA) is 108 Å². The zero-order valence-electron chi connectivity index (χ0n) is 7.93. The molecule has 0 unspecified atom stereocenters. The molecule has 16 heavy (non-hydrogen) atoms. The Bertz CT molecular complexity index is 575. The first-order chi connectivity index (χ1) is 7.58. The van der Waals surface area contributed by atoms with Crippen molar-refractivity contribution >= 4 is 28.5 Å². The first-order valence-electron chi connectivity index (χ1n) is 4.34. The van der Waals surface area contributed by atoms with Gasteiger partial charge in [0.1, 0.15) is 11.3 Å². The number of benzene rings is 1. The number of aromatic amines is 1. The van der Waals surface area contributed by atoms with Gasteiger partial charge in [0.05, 0.1) is 4.92 Å². The number of para-hydroxylation sites is 1. The van der Waals surface area contributed by atoms with Gasteiger partial charge in [0, 0.05) is 11.5 Å². The van der Waals surface area contributed by atoms with E-state index in [2.05, 4.69) is 10.3 Å². The lowest BCUT2D eigenvalue weighted by molar-refractivity contribution is -0.383. The summed E-state index contributed by atoms with van der Waals surface area (Å²) in [5.41, 5.74) is 0.215. The smallest absolute Gasteiger partial charge is 0.410 e. The molecule has 2 rings (SSSR count). The Morgan fingerprint density at radius 2 is 2.25 bits per heavy atom. The molecule has 1 aromatic heterocycles. The van der Waals surface area contributed by atoms with Crippen LogP contribution in [0.4, 0.5) is 16.3 Å². The van der Waals surface area contributed by atoms with Crippen molar-refractivity contribution in [3.8, 4) is 0 Å². The van der Waals surface area contributed by atoms with Gasteiger partial charge in [-0.25, -0.2) is 4.79 Å². The lowest BCUT2D eigenvalue weighted by Crippen LogP contribution is -2.06. The number of hydrogen-bond acceptors (Lipinski definition) is 3. The maximum atomic E-state index is 10.7. The van der Waals surface area contributed by atoms with E-state index in [9.17, 15) is 14.9 Å². The predicted octanol–water partition coefficient (Wildman–Crippen LogP) is 2.17. The molecule has 0 aliphatic carbocycles. The zero-order valence-corrected chi connectivity index (χ0v) is 7.93. The summed E-state index contributed by atoms with van der Waals surface area (Å²) in [6.07, 6.45) is -1.23. The number of non-ortho nitro benzene ring substituents is 1. The van der Waals surface area contributed by atoms with E-state index < -0.39 is 11.0 Å². The number of anilines is 1. The van der Waals surface area contributed by atoms with Gasteiger partial charge in [0.25, 0.3) is 5.69 Å². The molecule has 1 amide bonds. The second kappa shape index (κ2) is 3.54. The summed E-state index contributed by atoms with van der Waals surface area (Å²) >= 11 is 0. The Hall–Kier alpha value is -2.57. The molecule has 0 aliphatic heterocycles. The van der Waals surface area contributed by atoms with Crippen LogP contribution in [-0.2, 0) is 0 Å². The number of aromatic nitrogens is 1. The van der Waals surface area contributed by atoms with Gasteiger partial charge in [0.2, 0.25) is 0 Å². The maximum absolute atomic E-state index is 10.7. The Balaban J connectivity index is 2.56. The van der Waals surface area contributed by atoms with Gasteiger partial charge in [-0.1, -0.05) is 12.1 Å². The van der Waals surface area contributed by atoms with E-state index in [0.29, 0.717) is 10.9 Å². The Labute approximate surface area is 88.8 Å². The molecular weight excluding hydrogens is 214 g/mol. The van der Waals surface area contributed by atoms with E-state index in [1.54, 1.807) is 12.1 Å². The summed E-state index contributed by atoms with van der Waals surface area (Å²) in [5, 5.41) is 21.9. The van der Waals surface area contributed by atoms with E-state index >= 15 is 0 Å². The van der Waals surface area contributed by atoms with Crippen molar-refractivity contribution in [3.63, 3.8) is 0 Å². The first-order valence-corrected chi connectivity index (χ1v) is 4.34. The zero-order chi connectivity index (χ0) is 11.7. The Morgan fingerprint density at radius 1 is 1.50 bits per heavy atom. The number of hydrogen-bond donors (Lipinski definition) is 3. The van der Waals surface area contributed by atoms with E-state index in [-0.39, 0.29) is 11.5 Å². The fourth-order valence-corrected chi connectivity index (χ4v) is 1.47. The minimum absolute atomic E-state index is 0.0871. The lowest BCUT2D eigenvalue weighted by atomic mass is 10.2. The van der Waals surface area contributed by atoms with Crippen molar-refractivity contribution in [1.82, 2.24) is 4.98 Å². The van der Waals surface area contributed by atoms with Gasteiger partial charge in [0.15, 0.2) is 0 Å². The van der Waals surface area contributed by atoms with Crippen LogP contribution < -0.4 is 5.32 Å². The van der Waals surface area contributed by atoms with E-state index in [1.807, 2.05) is 0 Å². The molecule has 82 valence electrons. The number of carbonyl (C=O) groups is 1. The van der Waals surface area contributed by atoms with Crippen LogP contribution in [0.15, 0.2) is 24.3 Å². The second-order valence-electron chi connectivity index (χ2n) is 3.11. The van der Waals surface area contributed by atoms with Crippen molar-refractivity contribution in [2.75, 3.05) is 5.32 Å². The van der Waals surface area contributed by atoms with Crippen LogP contribution >= 0.6 is 0 Å². The molecule has 0 bridgehead atoms. The normalized spacial score (nSPS) is 10.2. The third kappa shape index (κ3) is 1.65. The molecule has 0 fully saturated rings. The molecule has 1 aromatic carbocycles. The molecule has 1 heterocycles. The minimum Gasteiger partial charge on any atom is -0.465 e. The molecule has 0 aliphatic rings. The number of nitrogens with one attached hydrogen (secondary N) is 2. The Morgan fingerprint density at radius 3 is 2.88 bits per heavy atom. The van der Waals surface area contributed by atoms with Crippen LogP contribution in [0, 0.1) is 10.1 Å². The molecule has 7 heteroatoms. The number of amides is 1. The highest BCUT2D eigenvalue weighted by Crippen LogP contribution is 2.27. The van der Waals surface area contributed by atoms with Crippen molar-refractivity contribution in [1.29, 1.82) is 0 Å². The van der Waals surface area contributed by atoms with Gasteiger partial charge >= 0.3 is 6.09 Å². The second-order valence-corrected chi connectivity index (χ2v) is 3.11. The van der Waals surface area contributed by atoms with Crippen LogP contribution in [-0.4, -0.2) is 21.1 Å². The highest BCUT2D eigenvalue weighted by Gasteiger charge is 2.14. The van der Waals surface area contributed by atoms with Crippen LogP contribution in [0.3, 0.4) is 0 Å². The fraction of sp³-hybridized carbons (Fsp3) is 0. The number of nitro groups is 1. The van der Waals surface area contributed by atoms with Crippen LogP contribution in [0.1, 0.15) is 0 Å². The average Bonchev–Trinajstić information content (AvgIpc) is 2.57. The summed E-state index contributed by atoms with van der Waals surface area (Å²) in [7, 11) is 0. The van der Waals surface area contributed by atoms with Crippen molar-refractivity contribution in [3.05, 3.63) is 34.4 Å². The molecule has 0 saturated heterocycles. The number of fused-ring (bicyclic) bond motifs is 1. The third-order valence-electron chi connectivity index (χ3n) is 2.07. The highest BCUT2D eigenvalue weighted by atomic mass is 16.6. The number of rotatable bonds is 2. The summed E-state index contributed by atoms with van der Waals surface area (Å²) in [6, 6.07) is 6.05. The van der Waals surface area contributed by atoms with E-state index in [4.69, 9.17) is 5.11 Å². The van der Waals surface area contributed by atoms with Crippen molar-refractivity contribution in [2.24, 2.45) is 0 Å². The highest BCUT2D eigenvalue weighted by molar-refractivity contribution is 5.94. The predicted molar refractivity (Wildman–Crippen MR) is 56.6 cm³/mol. The largest absolute Gasteiger partial charge is 0.465 e. The molecule has 2 aromatic rings. The molecular formula is C9H7N3O4. The van der Waals surface area contributed by atoms with Crippen molar-refractivity contribution in [2.45, 2.75) is 0 Å². The van der Waals surface area contributed by atoms with Gasteiger partial charge in [-0.2, -0.15) is 0 Å². The van der Waals surface area contributed by atoms with Gasteiger partial charge in [-0.3, -0.25) is 15.4 Å². The maximum Gasteiger partial charge on any atom is 0.410 e. The number of carboxylic acid groups (broad SMARTS) is 1. The summed E-state index contributed by atoms with van der Waals surface area (Å²) in [6.45, 7) is 0. The SMILES string of the molecule is O=C(O)Nc1cc2cccc([N+](=O)[O-])c2[nH]1. The third-order valence-corrected chi connectivity index (χ3v) is 2.07. The molecule has 0 atom stereocenters. The van der Waals surface area contributed by atoms with Crippen LogP contribution in [0.25, 0.3) is 10.9 Å². The summed E-state index contributed by atoms with van der Waals surface area (Å²) in [5.74, 6) is 0.205. The molecule has 0 spiro atoms. The number of nitro benzene ring substituents is 1. The lowest BCUT2D eigenvalue weighted by Gasteiger charge is -1.94. The van der Waals surface area contributed by atoms with Crippen molar-refractivity contribution < 1.29 is 14.8 Å². The molecule has 0 saturated carbocycles. The summed E-state index contributed by atoms with van der Waals surface area (Å²) < 4.78 is 0. The quantitative estimate of drug-likeness (QED) is 0.533. The molecule has 3 N–H and O–H groups in total. The molecule has 0 radical (unpaired) electrons. The minimum atomic E-state index is -1.23. The molecule has 7 nitrogen and oxygen atoms in total.